The lowest BCUT2D eigenvalue weighted by Crippen LogP contribution is -2.48. The van der Waals surface area contributed by atoms with Gasteiger partial charge in [-0.15, -0.1) is 16.4 Å². The second-order valence-corrected chi connectivity index (χ2v) is 6.23. The fourth-order valence-electron chi connectivity index (χ4n) is 2.67. The maximum absolute atomic E-state index is 12.6. The number of thiophene rings is 1. The summed E-state index contributed by atoms with van der Waals surface area (Å²) >= 11 is 1.33. The zero-order valence-corrected chi connectivity index (χ0v) is 12.9. The van der Waals surface area contributed by atoms with Crippen LogP contribution < -0.4 is 5.73 Å². The van der Waals surface area contributed by atoms with Gasteiger partial charge in [-0.1, -0.05) is 6.92 Å². The number of nitrogen functional groups attached to an aromatic ring is 1. The van der Waals surface area contributed by atoms with Crippen molar-refractivity contribution in [1.82, 2.24) is 20.0 Å². The van der Waals surface area contributed by atoms with Gasteiger partial charge in [-0.3, -0.25) is 9.69 Å². The van der Waals surface area contributed by atoms with E-state index < -0.39 is 0 Å². The first-order valence-corrected chi connectivity index (χ1v) is 8.03. The largest absolute Gasteiger partial charge is 0.397 e. The van der Waals surface area contributed by atoms with E-state index in [1.165, 1.54) is 11.3 Å². The molecule has 2 N–H and O–H groups in total. The topological polar surface area (TPSA) is 75.3 Å². The van der Waals surface area contributed by atoms with Gasteiger partial charge in [-0.25, -0.2) is 0 Å². The van der Waals surface area contributed by atoms with Crippen LogP contribution in [0.2, 0.25) is 0 Å². The Bertz CT molecular complexity index is 648. The van der Waals surface area contributed by atoms with Crippen LogP contribution in [0.4, 0.5) is 5.69 Å². The van der Waals surface area contributed by atoms with Gasteiger partial charge in [-0.05, 0) is 19.0 Å². The van der Waals surface area contributed by atoms with E-state index >= 15 is 0 Å². The third kappa shape index (κ3) is 2.71. The minimum absolute atomic E-state index is 0.0200. The number of nitrogens with two attached hydrogens (primary N) is 1. The van der Waals surface area contributed by atoms with Gasteiger partial charge in [-0.2, -0.15) is 5.10 Å². The number of aromatic nitrogens is 2. The normalized spacial score (nSPS) is 16.5. The molecule has 0 aliphatic carbocycles. The second-order valence-electron chi connectivity index (χ2n) is 5.23. The van der Waals surface area contributed by atoms with Crippen LogP contribution in [0.5, 0.6) is 0 Å². The van der Waals surface area contributed by atoms with Crippen LogP contribution in [-0.4, -0.2) is 58.6 Å². The first-order chi connectivity index (χ1) is 10.2. The van der Waals surface area contributed by atoms with Crippen LogP contribution in [0.25, 0.3) is 10.2 Å². The van der Waals surface area contributed by atoms with E-state index in [4.69, 9.17) is 5.73 Å². The summed E-state index contributed by atoms with van der Waals surface area (Å²) in [7, 11) is 0. The monoisotopic (exact) mass is 305 g/mol. The number of piperazine rings is 1. The molecule has 6 nitrogen and oxygen atoms in total. The van der Waals surface area contributed by atoms with Crippen molar-refractivity contribution in [3.63, 3.8) is 0 Å². The first kappa shape index (κ1) is 14.2. The van der Waals surface area contributed by atoms with E-state index in [0.717, 1.165) is 49.4 Å². The summed E-state index contributed by atoms with van der Waals surface area (Å²) in [5.41, 5.74) is 6.64. The molecule has 2 aromatic heterocycles. The maximum Gasteiger partial charge on any atom is 0.266 e. The second kappa shape index (κ2) is 5.95. The van der Waals surface area contributed by atoms with Crippen molar-refractivity contribution in [2.75, 3.05) is 38.5 Å². The summed E-state index contributed by atoms with van der Waals surface area (Å²) in [4.78, 5) is 18.2. The molecular formula is C14H19N5OS. The Morgan fingerprint density at radius 1 is 1.38 bits per heavy atom. The summed E-state index contributed by atoms with van der Waals surface area (Å²) in [6, 6.07) is 1.81. The number of hydrogen-bond donors (Lipinski definition) is 1. The number of fused-ring (bicyclic) bond motifs is 1. The third-order valence-electron chi connectivity index (χ3n) is 3.81. The molecule has 7 heteroatoms. The predicted molar refractivity (Wildman–Crippen MR) is 84.5 cm³/mol. The average molecular weight is 305 g/mol. The molecular weight excluding hydrogens is 286 g/mol. The summed E-state index contributed by atoms with van der Waals surface area (Å²) < 4.78 is 0. The quantitative estimate of drug-likeness (QED) is 0.928. The Hall–Kier alpha value is -1.73. The number of hydrogen-bond acceptors (Lipinski definition) is 6. The van der Waals surface area contributed by atoms with E-state index in [1.54, 1.807) is 6.20 Å². The van der Waals surface area contributed by atoms with E-state index in [2.05, 4.69) is 22.0 Å². The number of rotatable bonds is 3. The lowest BCUT2D eigenvalue weighted by Gasteiger charge is -2.34. The summed E-state index contributed by atoms with van der Waals surface area (Å²) in [5.74, 6) is 0.0200. The van der Waals surface area contributed by atoms with Gasteiger partial charge in [0.2, 0.25) is 0 Å². The molecule has 0 saturated carbocycles. The minimum atomic E-state index is 0.0200. The van der Waals surface area contributed by atoms with Crippen molar-refractivity contribution in [3.8, 4) is 0 Å². The molecule has 0 radical (unpaired) electrons. The van der Waals surface area contributed by atoms with E-state index in [1.807, 2.05) is 11.0 Å². The lowest BCUT2D eigenvalue weighted by molar-refractivity contribution is 0.0643. The van der Waals surface area contributed by atoms with Crippen LogP contribution in [-0.2, 0) is 0 Å². The highest BCUT2D eigenvalue weighted by molar-refractivity contribution is 7.21. The summed E-state index contributed by atoms with van der Waals surface area (Å²) in [6.45, 7) is 6.67. The first-order valence-electron chi connectivity index (χ1n) is 7.22. The molecule has 0 aromatic carbocycles. The van der Waals surface area contributed by atoms with Gasteiger partial charge in [0, 0.05) is 31.6 Å². The third-order valence-corrected chi connectivity index (χ3v) is 4.91. The lowest BCUT2D eigenvalue weighted by atomic mass is 10.2. The van der Waals surface area contributed by atoms with E-state index in [-0.39, 0.29) is 5.91 Å². The van der Waals surface area contributed by atoms with Crippen LogP contribution in [0.1, 0.15) is 23.0 Å². The molecule has 3 heterocycles. The molecule has 0 unspecified atom stereocenters. The van der Waals surface area contributed by atoms with Gasteiger partial charge >= 0.3 is 0 Å². The molecule has 21 heavy (non-hydrogen) atoms. The van der Waals surface area contributed by atoms with E-state index in [0.29, 0.717) is 10.6 Å². The molecule has 112 valence electrons. The molecule has 2 aromatic rings. The van der Waals surface area contributed by atoms with Crippen molar-refractivity contribution in [3.05, 3.63) is 17.1 Å². The molecule has 0 spiro atoms. The fourth-order valence-corrected chi connectivity index (χ4v) is 3.67. The van der Waals surface area contributed by atoms with Gasteiger partial charge < -0.3 is 10.6 Å². The van der Waals surface area contributed by atoms with Gasteiger partial charge in [0.1, 0.15) is 9.71 Å². The fraction of sp³-hybridized carbons (Fsp3) is 0.500. The molecule has 3 rings (SSSR count). The maximum atomic E-state index is 12.6. The number of amides is 1. The zero-order valence-electron chi connectivity index (χ0n) is 12.1. The van der Waals surface area contributed by atoms with Gasteiger partial charge in [0.25, 0.3) is 5.91 Å². The number of nitrogens with zero attached hydrogens (tertiary/aromatic N) is 4. The van der Waals surface area contributed by atoms with Gasteiger partial charge in [0.05, 0.1) is 11.9 Å². The van der Waals surface area contributed by atoms with Crippen molar-refractivity contribution in [1.29, 1.82) is 0 Å². The van der Waals surface area contributed by atoms with Crippen LogP contribution in [0, 0.1) is 0 Å². The van der Waals surface area contributed by atoms with Gasteiger partial charge in [0.15, 0.2) is 0 Å². The van der Waals surface area contributed by atoms with Crippen LogP contribution in [0.3, 0.4) is 0 Å². The van der Waals surface area contributed by atoms with Crippen molar-refractivity contribution < 1.29 is 4.79 Å². The Morgan fingerprint density at radius 3 is 2.81 bits per heavy atom. The zero-order chi connectivity index (χ0) is 14.8. The molecule has 1 amide bonds. The Kier molecular flexibility index (Phi) is 4.03. The molecule has 1 aliphatic heterocycles. The Balaban J connectivity index is 1.77. The minimum Gasteiger partial charge on any atom is -0.397 e. The summed E-state index contributed by atoms with van der Waals surface area (Å²) in [5, 5.41) is 8.70. The number of anilines is 1. The molecule has 1 saturated heterocycles. The van der Waals surface area contributed by atoms with E-state index in [9.17, 15) is 4.79 Å². The Labute approximate surface area is 127 Å². The van der Waals surface area contributed by atoms with Crippen molar-refractivity contribution in [2.24, 2.45) is 0 Å². The van der Waals surface area contributed by atoms with Crippen molar-refractivity contribution in [2.45, 2.75) is 13.3 Å². The number of carbonyl (C=O) groups is 1. The Morgan fingerprint density at radius 2 is 2.14 bits per heavy atom. The van der Waals surface area contributed by atoms with Crippen LogP contribution in [0.15, 0.2) is 12.3 Å². The molecule has 0 bridgehead atoms. The highest BCUT2D eigenvalue weighted by Gasteiger charge is 2.25. The average Bonchev–Trinajstić information content (AvgIpc) is 2.85. The summed E-state index contributed by atoms with van der Waals surface area (Å²) in [6.07, 6.45) is 2.75. The number of carbonyl (C=O) groups excluding carboxylic acids is 1. The molecule has 0 atom stereocenters. The SMILES string of the molecule is CCCN1CCN(C(=O)c2sc3nnccc3c2N)CC1. The smallest absolute Gasteiger partial charge is 0.266 e. The van der Waals surface area contributed by atoms with Crippen molar-refractivity contribution >= 4 is 33.1 Å². The standard InChI is InChI=1S/C14H19N5OS/c1-2-5-18-6-8-19(9-7-18)14(20)12-11(15)10-3-4-16-17-13(10)21-12/h3-4H,2,5-9,15H2,1H3. The molecule has 1 aliphatic rings. The highest BCUT2D eigenvalue weighted by atomic mass is 32.1. The highest BCUT2D eigenvalue weighted by Crippen LogP contribution is 2.32. The predicted octanol–water partition coefficient (Wildman–Crippen LogP) is 1.44. The molecule has 1 fully saturated rings. The van der Waals surface area contributed by atoms with Crippen LogP contribution >= 0.6 is 11.3 Å².